The summed E-state index contributed by atoms with van der Waals surface area (Å²) in [5, 5.41) is 12.2. The van der Waals surface area contributed by atoms with Crippen LogP contribution in [0.3, 0.4) is 0 Å². The molecule has 3 aromatic heterocycles. The Hall–Kier alpha value is -3.28. The van der Waals surface area contributed by atoms with Gasteiger partial charge in [-0.25, -0.2) is 4.98 Å². The predicted molar refractivity (Wildman–Crippen MR) is 90.6 cm³/mol. The van der Waals surface area contributed by atoms with E-state index < -0.39 is 0 Å². The quantitative estimate of drug-likeness (QED) is 0.630. The number of benzene rings is 1. The summed E-state index contributed by atoms with van der Waals surface area (Å²) in [7, 11) is 0. The van der Waals surface area contributed by atoms with Gasteiger partial charge in [-0.2, -0.15) is 0 Å². The molecular formula is C18H15N5O. The van der Waals surface area contributed by atoms with E-state index in [1.165, 1.54) is 0 Å². The van der Waals surface area contributed by atoms with Gasteiger partial charge in [0.2, 0.25) is 0 Å². The molecule has 6 nitrogen and oxygen atoms in total. The van der Waals surface area contributed by atoms with Crippen molar-refractivity contribution in [2.45, 2.75) is 13.0 Å². The molecule has 6 heteroatoms. The van der Waals surface area contributed by atoms with Gasteiger partial charge in [-0.1, -0.05) is 30.3 Å². The monoisotopic (exact) mass is 317 g/mol. The van der Waals surface area contributed by atoms with Gasteiger partial charge < -0.3 is 5.32 Å². The van der Waals surface area contributed by atoms with Crippen LogP contribution in [0.15, 0.2) is 60.8 Å². The van der Waals surface area contributed by atoms with E-state index >= 15 is 0 Å². The maximum Gasteiger partial charge on any atom is 0.270 e. The lowest BCUT2D eigenvalue weighted by Crippen LogP contribution is -2.28. The highest BCUT2D eigenvalue weighted by Crippen LogP contribution is 2.14. The molecule has 0 fully saturated rings. The third-order valence-electron chi connectivity index (χ3n) is 3.91. The van der Waals surface area contributed by atoms with Crippen molar-refractivity contribution in [1.82, 2.24) is 24.9 Å². The standard InChI is InChI=1S/C18H15N5O/c1-12(17-22-21-16-8-4-5-11-23(16)17)19-18(24)15-10-9-13-6-2-3-7-14(13)20-15/h2-12H,1H3,(H,19,24)/t12-/m0/s1. The average Bonchev–Trinajstić information content (AvgIpc) is 3.05. The van der Waals surface area contributed by atoms with Gasteiger partial charge in [0.1, 0.15) is 5.69 Å². The minimum Gasteiger partial charge on any atom is -0.341 e. The molecule has 0 saturated carbocycles. The molecule has 1 N–H and O–H groups in total. The Balaban J connectivity index is 1.60. The minimum absolute atomic E-state index is 0.235. The normalized spacial score (nSPS) is 12.4. The first-order valence-corrected chi connectivity index (χ1v) is 7.69. The molecule has 1 amide bonds. The van der Waals surface area contributed by atoms with Crippen LogP contribution in [0.5, 0.6) is 0 Å². The molecule has 0 aliphatic rings. The highest BCUT2D eigenvalue weighted by atomic mass is 16.1. The Morgan fingerprint density at radius 1 is 1.04 bits per heavy atom. The fourth-order valence-corrected chi connectivity index (χ4v) is 2.68. The van der Waals surface area contributed by atoms with Crippen LogP contribution in [0.1, 0.15) is 29.3 Å². The molecule has 0 spiro atoms. The Morgan fingerprint density at radius 3 is 2.79 bits per heavy atom. The van der Waals surface area contributed by atoms with Crippen LogP contribution in [0.2, 0.25) is 0 Å². The van der Waals surface area contributed by atoms with Crippen LogP contribution in [0.25, 0.3) is 16.6 Å². The number of rotatable bonds is 3. The molecule has 1 aromatic carbocycles. The van der Waals surface area contributed by atoms with E-state index in [1.807, 2.05) is 66.1 Å². The van der Waals surface area contributed by atoms with Crippen molar-refractivity contribution in [3.05, 3.63) is 72.3 Å². The van der Waals surface area contributed by atoms with Crippen molar-refractivity contribution in [3.63, 3.8) is 0 Å². The zero-order chi connectivity index (χ0) is 16.5. The Kier molecular flexibility index (Phi) is 3.42. The van der Waals surface area contributed by atoms with E-state index in [0.717, 1.165) is 16.6 Å². The van der Waals surface area contributed by atoms with Gasteiger partial charge in [-0.15, -0.1) is 10.2 Å². The number of hydrogen-bond donors (Lipinski definition) is 1. The van der Waals surface area contributed by atoms with E-state index in [2.05, 4.69) is 20.5 Å². The van der Waals surface area contributed by atoms with Crippen molar-refractivity contribution >= 4 is 22.5 Å². The molecule has 0 aliphatic carbocycles. The summed E-state index contributed by atoms with van der Waals surface area (Å²) in [6.45, 7) is 1.88. The molecule has 4 aromatic rings. The first-order chi connectivity index (χ1) is 11.7. The summed E-state index contributed by atoms with van der Waals surface area (Å²) in [4.78, 5) is 16.9. The maximum absolute atomic E-state index is 12.5. The van der Waals surface area contributed by atoms with Crippen molar-refractivity contribution in [1.29, 1.82) is 0 Å². The third-order valence-corrected chi connectivity index (χ3v) is 3.91. The number of pyridine rings is 2. The highest BCUT2D eigenvalue weighted by molar-refractivity contribution is 5.95. The number of fused-ring (bicyclic) bond motifs is 2. The SMILES string of the molecule is C[C@H](NC(=O)c1ccc2ccccc2n1)c1nnc2ccccn12. The van der Waals surface area contributed by atoms with E-state index in [4.69, 9.17) is 0 Å². The first-order valence-electron chi connectivity index (χ1n) is 7.69. The largest absolute Gasteiger partial charge is 0.341 e. The molecule has 0 saturated heterocycles. The summed E-state index contributed by atoms with van der Waals surface area (Å²) in [6.07, 6.45) is 1.88. The van der Waals surface area contributed by atoms with Crippen molar-refractivity contribution in [2.75, 3.05) is 0 Å². The van der Waals surface area contributed by atoms with E-state index in [9.17, 15) is 4.79 Å². The zero-order valence-electron chi connectivity index (χ0n) is 13.0. The molecule has 24 heavy (non-hydrogen) atoms. The minimum atomic E-state index is -0.289. The molecule has 1 atom stereocenters. The lowest BCUT2D eigenvalue weighted by molar-refractivity contribution is 0.0933. The maximum atomic E-state index is 12.5. The van der Waals surface area contributed by atoms with Crippen LogP contribution in [-0.4, -0.2) is 25.5 Å². The topological polar surface area (TPSA) is 72.2 Å². The molecule has 0 aliphatic heterocycles. The number of amides is 1. The first kappa shape index (κ1) is 14.3. The Labute approximate surface area is 138 Å². The van der Waals surface area contributed by atoms with Gasteiger partial charge in [-0.05, 0) is 31.2 Å². The second kappa shape index (κ2) is 5.73. The molecule has 4 rings (SSSR count). The van der Waals surface area contributed by atoms with E-state index in [-0.39, 0.29) is 11.9 Å². The summed E-state index contributed by atoms with van der Waals surface area (Å²) in [6, 6.07) is 16.7. The Morgan fingerprint density at radius 2 is 1.88 bits per heavy atom. The lowest BCUT2D eigenvalue weighted by atomic mass is 10.2. The summed E-state index contributed by atoms with van der Waals surface area (Å²) in [5.74, 6) is 0.445. The van der Waals surface area contributed by atoms with Gasteiger partial charge in [0, 0.05) is 11.6 Å². The summed E-state index contributed by atoms with van der Waals surface area (Å²) < 4.78 is 1.86. The van der Waals surface area contributed by atoms with Crippen LogP contribution >= 0.6 is 0 Å². The molecule has 0 radical (unpaired) electrons. The number of nitrogens with one attached hydrogen (secondary N) is 1. The van der Waals surface area contributed by atoms with Crippen LogP contribution in [0.4, 0.5) is 0 Å². The van der Waals surface area contributed by atoms with Gasteiger partial charge in [0.05, 0.1) is 11.6 Å². The lowest BCUT2D eigenvalue weighted by Gasteiger charge is -2.12. The predicted octanol–water partition coefficient (Wildman–Crippen LogP) is 2.77. The third kappa shape index (κ3) is 2.48. The molecular weight excluding hydrogens is 302 g/mol. The second-order valence-electron chi connectivity index (χ2n) is 5.57. The number of carbonyl (C=O) groups excluding carboxylic acids is 1. The number of para-hydroxylation sites is 1. The summed E-state index contributed by atoms with van der Waals surface area (Å²) in [5.41, 5.74) is 1.93. The molecule has 3 heterocycles. The number of aromatic nitrogens is 4. The van der Waals surface area contributed by atoms with E-state index in [1.54, 1.807) is 6.07 Å². The fourth-order valence-electron chi connectivity index (χ4n) is 2.68. The summed E-state index contributed by atoms with van der Waals surface area (Å²) >= 11 is 0. The van der Waals surface area contributed by atoms with E-state index in [0.29, 0.717) is 11.5 Å². The molecule has 0 unspecified atom stereocenters. The van der Waals surface area contributed by atoms with Gasteiger partial charge >= 0.3 is 0 Å². The second-order valence-corrected chi connectivity index (χ2v) is 5.57. The van der Waals surface area contributed by atoms with Gasteiger partial charge in [-0.3, -0.25) is 9.20 Å². The van der Waals surface area contributed by atoms with Gasteiger partial charge in [0.25, 0.3) is 5.91 Å². The molecule has 0 bridgehead atoms. The van der Waals surface area contributed by atoms with Gasteiger partial charge in [0.15, 0.2) is 11.5 Å². The zero-order valence-corrected chi connectivity index (χ0v) is 13.0. The highest BCUT2D eigenvalue weighted by Gasteiger charge is 2.17. The van der Waals surface area contributed by atoms with Crippen molar-refractivity contribution in [2.24, 2.45) is 0 Å². The van der Waals surface area contributed by atoms with Crippen LogP contribution in [0, 0.1) is 0 Å². The Bertz CT molecular complexity index is 1040. The van der Waals surface area contributed by atoms with Crippen LogP contribution in [-0.2, 0) is 0 Å². The smallest absolute Gasteiger partial charge is 0.270 e. The van der Waals surface area contributed by atoms with Crippen molar-refractivity contribution in [3.8, 4) is 0 Å². The number of nitrogens with zero attached hydrogens (tertiary/aromatic N) is 4. The fraction of sp³-hybridized carbons (Fsp3) is 0.111. The number of hydrogen-bond acceptors (Lipinski definition) is 4. The number of carbonyl (C=O) groups is 1. The van der Waals surface area contributed by atoms with Crippen molar-refractivity contribution < 1.29 is 4.79 Å². The van der Waals surface area contributed by atoms with Crippen LogP contribution < -0.4 is 5.32 Å². The molecule has 118 valence electrons. The average molecular weight is 317 g/mol.